The maximum Gasteiger partial charge on any atom is 0.329 e. The van der Waals surface area contributed by atoms with E-state index in [4.69, 9.17) is 4.74 Å². The van der Waals surface area contributed by atoms with Crippen molar-refractivity contribution in [2.75, 3.05) is 17.7 Å². The number of aldehydes is 1. The molecule has 1 aromatic carbocycles. The van der Waals surface area contributed by atoms with Crippen molar-refractivity contribution in [3.8, 4) is 5.75 Å². The Morgan fingerprint density at radius 1 is 1.38 bits per heavy atom. The minimum Gasteiger partial charge on any atom is -0.495 e. The maximum atomic E-state index is 11.1. The molecule has 0 unspecified atom stereocenters. The highest BCUT2D eigenvalue weighted by molar-refractivity contribution is 5.78. The van der Waals surface area contributed by atoms with Crippen LogP contribution in [0.5, 0.6) is 5.75 Å². The van der Waals surface area contributed by atoms with E-state index in [1.165, 1.54) is 7.11 Å². The smallest absolute Gasteiger partial charge is 0.329 e. The summed E-state index contributed by atoms with van der Waals surface area (Å²) in [4.78, 5) is 29.4. The molecule has 0 aliphatic rings. The van der Waals surface area contributed by atoms with Gasteiger partial charge in [-0.05, 0) is 32.0 Å². The molecule has 0 saturated heterocycles. The SMILES string of the molecule is COc1cc(C=O)ccc1Nc1ncc([N+](=O)[O-])c(NC(C)C)n1. The van der Waals surface area contributed by atoms with Gasteiger partial charge in [0.25, 0.3) is 0 Å². The zero-order valence-electron chi connectivity index (χ0n) is 13.4. The first kappa shape index (κ1) is 17.1. The third-order valence-electron chi connectivity index (χ3n) is 3.00. The number of carbonyl (C=O) groups is 1. The van der Waals surface area contributed by atoms with Crippen LogP contribution in [-0.2, 0) is 0 Å². The molecule has 0 aliphatic heterocycles. The second-order valence-corrected chi connectivity index (χ2v) is 5.19. The number of carbonyl (C=O) groups excluding carboxylic acids is 1. The maximum absolute atomic E-state index is 11.1. The first-order valence-electron chi connectivity index (χ1n) is 7.12. The van der Waals surface area contributed by atoms with Gasteiger partial charge >= 0.3 is 5.69 Å². The number of nitrogens with one attached hydrogen (secondary N) is 2. The Morgan fingerprint density at radius 3 is 2.71 bits per heavy atom. The van der Waals surface area contributed by atoms with Gasteiger partial charge in [-0.25, -0.2) is 4.98 Å². The molecule has 2 rings (SSSR count). The lowest BCUT2D eigenvalue weighted by Crippen LogP contribution is -2.14. The number of nitrogens with zero attached hydrogens (tertiary/aromatic N) is 3. The van der Waals surface area contributed by atoms with E-state index in [0.29, 0.717) is 23.3 Å². The molecule has 0 aliphatic carbocycles. The first-order chi connectivity index (χ1) is 11.4. The molecule has 0 fully saturated rings. The van der Waals surface area contributed by atoms with Crippen LogP contribution in [0, 0.1) is 10.1 Å². The third kappa shape index (κ3) is 3.94. The number of aromatic nitrogens is 2. The zero-order chi connectivity index (χ0) is 17.7. The van der Waals surface area contributed by atoms with E-state index in [1.807, 2.05) is 13.8 Å². The Hall–Kier alpha value is -3.23. The van der Waals surface area contributed by atoms with Crippen LogP contribution in [0.15, 0.2) is 24.4 Å². The van der Waals surface area contributed by atoms with Crippen LogP contribution in [0.2, 0.25) is 0 Å². The van der Waals surface area contributed by atoms with Crippen molar-refractivity contribution in [2.24, 2.45) is 0 Å². The standard InChI is InChI=1S/C15H17N5O4/c1-9(2)17-14-12(20(22)23)7-16-15(19-14)18-11-5-4-10(8-21)6-13(11)24-3/h4-9H,1-3H3,(H2,16,17,18,19). The molecule has 0 atom stereocenters. The van der Waals surface area contributed by atoms with Gasteiger partial charge in [0.15, 0.2) is 0 Å². The third-order valence-corrected chi connectivity index (χ3v) is 3.00. The number of anilines is 3. The highest BCUT2D eigenvalue weighted by Crippen LogP contribution is 2.29. The van der Waals surface area contributed by atoms with E-state index in [-0.39, 0.29) is 23.5 Å². The predicted octanol–water partition coefficient (Wildman–Crippen LogP) is 2.77. The lowest BCUT2D eigenvalue weighted by atomic mass is 10.2. The Morgan fingerprint density at radius 2 is 2.12 bits per heavy atom. The number of ether oxygens (including phenoxy) is 1. The summed E-state index contributed by atoms with van der Waals surface area (Å²) in [5.74, 6) is 0.719. The van der Waals surface area contributed by atoms with E-state index in [2.05, 4.69) is 20.6 Å². The Kier molecular flexibility index (Phi) is 5.25. The van der Waals surface area contributed by atoms with Gasteiger partial charge in [0, 0.05) is 11.6 Å². The van der Waals surface area contributed by atoms with Gasteiger partial charge in [0.1, 0.15) is 18.2 Å². The van der Waals surface area contributed by atoms with Crippen LogP contribution >= 0.6 is 0 Å². The second-order valence-electron chi connectivity index (χ2n) is 5.19. The van der Waals surface area contributed by atoms with Gasteiger partial charge in [-0.2, -0.15) is 4.98 Å². The molecule has 9 heteroatoms. The number of benzene rings is 1. The first-order valence-corrected chi connectivity index (χ1v) is 7.12. The average molecular weight is 331 g/mol. The molecule has 0 saturated carbocycles. The largest absolute Gasteiger partial charge is 0.495 e. The van der Waals surface area contributed by atoms with Gasteiger partial charge in [0.2, 0.25) is 11.8 Å². The van der Waals surface area contributed by atoms with E-state index < -0.39 is 4.92 Å². The van der Waals surface area contributed by atoms with Crippen LogP contribution in [-0.4, -0.2) is 34.3 Å². The normalized spacial score (nSPS) is 10.3. The van der Waals surface area contributed by atoms with Crippen LogP contribution in [0.3, 0.4) is 0 Å². The van der Waals surface area contributed by atoms with Gasteiger partial charge in [-0.15, -0.1) is 0 Å². The Bertz CT molecular complexity index is 764. The lowest BCUT2D eigenvalue weighted by molar-refractivity contribution is -0.384. The minimum atomic E-state index is -0.548. The van der Waals surface area contributed by atoms with Crippen LogP contribution < -0.4 is 15.4 Å². The molecule has 9 nitrogen and oxygen atoms in total. The molecule has 2 aromatic rings. The summed E-state index contributed by atoms with van der Waals surface area (Å²) in [7, 11) is 1.47. The predicted molar refractivity (Wildman–Crippen MR) is 89.1 cm³/mol. The van der Waals surface area contributed by atoms with Gasteiger partial charge in [0.05, 0.1) is 17.7 Å². The van der Waals surface area contributed by atoms with Crippen molar-refractivity contribution in [1.82, 2.24) is 9.97 Å². The summed E-state index contributed by atoms with van der Waals surface area (Å²) >= 11 is 0. The van der Waals surface area contributed by atoms with Crippen molar-refractivity contribution >= 4 is 29.4 Å². The quantitative estimate of drug-likeness (QED) is 0.451. The lowest BCUT2D eigenvalue weighted by Gasteiger charge is -2.13. The van der Waals surface area contributed by atoms with Gasteiger partial charge < -0.3 is 15.4 Å². The van der Waals surface area contributed by atoms with Crippen molar-refractivity contribution in [2.45, 2.75) is 19.9 Å². The van der Waals surface area contributed by atoms with E-state index in [0.717, 1.165) is 6.20 Å². The van der Waals surface area contributed by atoms with Crippen molar-refractivity contribution in [3.05, 3.63) is 40.1 Å². The van der Waals surface area contributed by atoms with Gasteiger partial charge in [-0.1, -0.05) is 0 Å². The molecule has 24 heavy (non-hydrogen) atoms. The fourth-order valence-corrected chi connectivity index (χ4v) is 1.95. The summed E-state index contributed by atoms with van der Waals surface area (Å²) in [6, 6.07) is 4.78. The van der Waals surface area contributed by atoms with Crippen molar-refractivity contribution in [1.29, 1.82) is 0 Å². The summed E-state index contributed by atoms with van der Waals surface area (Å²) in [6.45, 7) is 3.69. The van der Waals surface area contributed by atoms with Crippen LogP contribution in [0.4, 0.5) is 23.1 Å². The molecule has 2 N–H and O–H groups in total. The highest BCUT2D eigenvalue weighted by Gasteiger charge is 2.18. The summed E-state index contributed by atoms with van der Waals surface area (Å²) in [6.07, 6.45) is 1.84. The molecule has 1 aromatic heterocycles. The number of rotatable bonds is 7. The van der Waals surface area contributed by atoms with E-state index >= 15 is 0 Å². The molecule has 126 valence electrons. The molecule has 0 radical (unpaired) electrons. The Labute approximate surface area is 138 Å². The summed E-state index contributed by atoms with van der Waals surface area (Å²) < 4.78 is 5.22. The highest BCUT2D eigenvalue weighted by atomic mass is 16.6. The molecular weight excluding hydrogens is 314 g/mol. The summed E-state index contributed by atoms with van der Waals surface area (Å²) in [5, 5.41) is 16.9. The second kappa shape index (κ2) is 7.36. The monoisotopic (exact) mass is 331 g/mol. The van der Waals surface area contributed by atoms with Crippen LogP contribution in [0.25, 0.3) is 0 Å². The van der Waals surface area contributed by atoms with Crippen molar-refractivity contribution in [3.63, 3.8) is 0 Å². The average Bonchev–Trinajstić information content (AvgIpc) is 2.54. The topological polar surface area (TPSA) is 119 Å². The molecule has 0 spiro atoms. The van der Waals surface area contributed by atoms with E-state index in [9.17, 15) is 14.9 Å². The zero-order valence-corrected chi connectivity index (χ0v) is 13.4. The van der Waals surface area contributed by atoms with E-state index in [1.54, 1.807) is 18.2 Å². The fraction of sp³-hybridized carbons (Fsp3) is 0.267. The molecule has 1 heterocycles. The molecule has 0 bridgehead atoms. The number of hydrogen-bond donors (Lipinski definition) is 2. The fourth-order valence-electron chi connectivity index (χ4n) is 1.95. The van der Waals surface area contributed by atoms with Gasteiger partial charge in [-0.3, -0.25) is 14.9 Å². The van der Waals surface area contributed by atoms with Crippen molar-refractivity contribution < 1.29 is 14.5 Å². The number of nitro groups is 1. The number of hydrogen-bond acceptors (Lipinski definition) is 8. The Balaban J connectivity index is 2.36. The summed E-state index contributed by atoms with van der Waals surface area (Å²) in [5.41, 5.74) is 0.786. The molecular formula is C15H17N5O4. The minimum absolute atomic E-state index is 0.0344. The molecule has 0 amide bonds. The van der Waals surface area contributed by atoms with Crippen LogP contribution in [0.1, 0.15) is 24.2 Å². The number of methoxy groups -OCH3 is 1.